The largest absolute Gasteiger partial charge is 0.203 e. The van der Waals surface area contributed by atoms with Gasteiger partial charge >= 0.3 is 0 Å². The van der Waals surface area contributed by atoms with E-state index in [1.807, 2.05) is 0 Å². The highest BCUT2D eigenvalue weighted by atomic mass is 32.1. The third kappa shape index (κ3) is 3.15. The molecule has 0 aliphatic heterocycles. The molecule has 2 nitrogen and oxygen atoms in total. The average molecular weight is 386 g/mol. The molecule has 0 atom stereocenters. The Balaban J connectivity index is 2.63. The van der Waals surface area contributed by atoms with Gasteiger partial charge in [0.15, 0.2) is 57.9 Å². The lowest BCUT2D eigenvalue weighted by Gasteiger charge is -2.05. The minimum absolute atomic E-state index is 0.314. The van der Waals surface area contributed by atoms with Gasteiger partial charge in [-0.25, -0.2) is 35.1 Å². The summed E-state index contributed by atoms with van der Waals surface area (Å²) in [4.78, 5) is 0. The van der Waals surface area contributed by atoms with Crippen LogP contribution >= 0.6 is 0 Å². The van der Waals surface area contributed by atoms with Crippen LogP contribution in [0, 0.1) is 60.4 Å². The summed E-state index contributed by atoms with van der Waals surface area (Å²) >= 11 is -0.314. The summed E-state index contributed by atoms with van der Waals surface area (Å²) in [7, 11) is 0. The summed E-state index contributed by atoms with van der Waals surface area (Å²) in [6.07, 6.45) is 0. The fraction of sp³-hybridized carbons (Fsp3) is 0.143. The van der Waals surface area contributed by atoms with E-state index in [1.165, 1.54) is 0 Å². The summed E-state index contributed by atoms with van der Waals surface area (Å²) < 4.78 is 114. The molecule has 0 radical (unpaired) electrons. The van der Waals surface area contributed by atoms with Crippen molar-refractivity contribution in [1.29, 1.82) is 0 Å². The van der Waals surface area contributed by atoms with Crippen molar-refractivity contribution in [2.45, 2.75) is 13.8 Å². The van der Waals surface area contributed by atoms with Crippen molar-refractivity contribution in [3.8, 4) is 0 Å². The maximum absolute atomic E-state index is 13.6. The van der Waals surface area contributed by atoms with E-state index in [2.05, 4.69) is 8.73 Å². The van der Waals surface area contributed by atoms with E-state index in [4.69, 9.17) is 0 Å². The minimum atomic E-state index is -1.86. The third-order valence-electron chi connectivity index (χ3n) is 3.18. The zero-order valence-corrected chi connectivity index (χ0v) is 13.1. The molecular formula is C14H6F8N2S. The van der Waals surface area contributed by atoms with Crippen LogP contribution in [0.2, 0.25) is 0 Å². The standard InChI is InChI=1S/C14H6F8N2S/c1-3-5(15)9(19)13(10(20)6(3)16)23-25-24-14-11(21)7(17)4(2)8(18)12(14)22/h1-2H3. The lowest BCUT2D eigenvalue weighted by Crippen LogP contribution is -1.99. The number of halogens is 8. The number of nitrogens with zero attached hydrogens (tertiary/aromatic N) is 2. The van der Waals surface area contributed by atoms with Gasteiger partial charge in [0.05, 0.1) is 11.4 Å². The van der Waals surface area contributed by atoms with Gasteiger partial charge in [-0.15, -0.1) is 0 Å². The first-order valence-corrected chi connectivity index (χ1v) is 7.05. The van der Waals surface area contributed by atoms with Gasteiger partial charge in [0.1, 0.15) is 0 Å². The van der Waals surface area contributed by atoms with Gasteiger partial charge in [-0.05, 0) is 13.8 Å². The predicted molar refractivity (Wildman–Crippen MR) is 73.6 cm³/mol. The van der Waals surface area contributed by atoms with Crippen molar-refractivity contribution in [2.75, 3.05) is 0 Å². The van der Waals surface area contributed by atoms with E-state index in [1.54, 1.807) is 0 Å². The average Bonchev–Trinajstić information content (AvgIpc) is 2.60. The Kier molecular flexibility index (Phi) is 5.26. The highest BCUT2D eigenvalue weighted by Gasteiger charge is 2.24. The molecule has 0 spiro atoms. The molecule has 25 heavy (non-hydrogen) atoms. The first-order valence-electron chi connectivity index (χ1n) is 6.32. The molecule has 2 aromatic carbocycles. The molecule has 134 valence electrons. The number of hydrogen-bond acceptors (Lipinski definition) is 2. The number of hydrogen-bond donors (Lipinski definition) is 0. The smallest absolute Gasteiger partial charge is 0.189 e. The zero-order chi connectivity index (χ0) is 19.0. The van der Waals surface area contributed by atoms with Crippen molar-refractivity contribution in [2.24, 2.45) is 8.73 Å². The van der Waals surface area contributed by atoms with Gasteiger partial charge in [-0.1, -0.05) is 0 Å². The van der Waals surface area contributed by atoms with Gasteiger partial charge in [0.2, 0.25) is 0 Å². The molecule has 0 N–H and O–H groups in total. The Hall–Kier alpha value is -2.30. The molecular weight excluding hydrogens is 380 g/mol. The van der Waals surface area contributed by atoms with Gasteiger partial charge in [-0.2, -0.15) is 8.73 Å². The van der Waals surface area contributed by atoms with Crippen molar-refractivity contribution in [3.05, 3.63) is 57.7 Å². The Morgan fingerprint density at radius 3 is 0.960 bits per heavy atom. The SMILES string of the molecule is Cc1c(F)c(F)c(N=S=Nc2c(F)c(F)c(C)c(F)c2F)c(F)c1F. The summed E-state index contributed by atoms with van der Waals surface area (Å²) in [5, 5.41) is 0. The zero-order valence-electron chi connectivity index (χ0n) is 12.3. The second kappa shape index (κ2) is 6.90. The van der Waals surface area contributed by atoms with Gasteiger partial charge < -0.3 is 0 Å². The Morgan fingerprint density at radius 2 is 0.720 bits per heavy atom. The van der Waals surface area contributed by atoms with Crippen molar-refractivity contribution in [1.82, 2.24) is 0 Å². The van der Waals surface area contributed by atoms with Crippen LogP contribution < -0.4 is 0 Å². The van der Waals surface area contributed by atoms with Gasteiger partial charge in [-0.3, -0.25) is 0 Å². The van der Waals surface area contributed by atoms with Crippen molar-refractivity contribution >= 4 is 22.7 Å². The quantitative estimate of drug-likeness (QED) is 0.458. The van der Waals surface area contributed by atoms with Gasteiger partial charge in [0, 0.05) is 11.1 Å². The maximum Gasteiger partial charge on any atom is 0.189 e. The first-order chi connectivity index (χ1) is 11.6. The number of rotatable bonds is 2. The van der Waals surface area contributed by atoms with Gasteiger partial charge in [0.25, 0.3) is 0 Å². The molecule has 0 saturated carbocycles. The van der Waals surface area contributed by atoms with Crippen LogP contribution in [0.3, 0.4) is 0 Å². The summed E-state index contributed by atoms with van der Waals surface area (Å²) in [6.45, 7) is 1.56. The van der Waals surface area contributed by atoms with E-state index < -0.39 is 69.0 Å². The highest BCUT2D eigenvalue weighted by Crippen LogP contribution is 2.31. The summed E-state index contributed by atoms with van der Waals surface area (Å²) in [5.41, 5.74) is -4.75. The maximum atomic E-state index is 13.6. The van der Waals surface area contributed by atoms with E-state index in [-0.39, 0.29) is 11.4 Å². The van der Waals surface area contributed by atoms with Crippen LogP contribution in [0.15, 0.2) is 8.73 Å². The molecule has 0 aliphatic rings. The second-order valence-electron chi connectivity index (χ2n) is 4.72. The van der Waals surface area contributed by atoms with Crippen LogP contribution in [0.1, 0.15) is 11.1 Å². The molecule has 0 saturated heterocycles. The van der Waals surface area contributed by atoms with E-state index in [0.29, 0.717) is 0 Å². The predicted octanol–water partition coefficient (Wildman–Crippen LogP) is 5.83. The normalized spacial score (nSPS) is 10.8. The Morgan fingerprint density at radius 1 is 0.480 bits per heavy atom. The lowest BCUT2D eigenvalue weighted by molar-refractivity contribution is 0.448. The Labute approximate surface area is 139 Å². The van der Waals surface area contributed by atoms with Crippen molar-refractivity contribution in [3.63, 3.8) is 0 Å². The molecule has 0 heterocycles. The minimum Gasteiger partial charge on any atom is -0.203 e. The monoisotopic (exact) mass is 386 g/mol. The molecule has 0 unspecified atom stereocenters. The van der Waals surface area contributed by atoms with Crippen LogP contribution in [-0.4, -0.2) is 0 Å². The van der Waals surface area contributed by atoms with E-state index in [0.717, 1.165) is 13.8 Å². The summed E-state index contributed by atoms with van der Waals surface area (Å²) in [6, 6.07) is 0. The number of benzene rings is 2. The molecule has 0 amide bonds. The Bertz CT molecular complexity index is 819. The molecule has 2 aromatic rings. The third-order valence-corrected chi connectivity index (χ3v) is 3.71. The van der Waals surface area contributed by atoms with E-state index in [9.17, 15) is 35.1 Å². The van der Waals surface area contributed by atoms with Crippen LogP contribution in [-0.2, 0) is 11.4 Å². The fourth-order valence-corrected chi connectivity index (χ4v) is 2.25. The fourth-order valence-electron chi connectivity index (χ4n) is 1.72. The molecule has 0 aromatic heterocycles. The molecule has 2 rings (SSSR count). The van der Waals surface area contributed by atoms with Crippen LogP contribution in [0.4, 0.5) is 46.5 Å². The summed E-state index contributed by atoms with van der Waals surface area (Å²) in [5.74, 6) is -14.3. The molecule has 0 aliphatic carbocycles. The molecule has 0 fully saturated rings. The lowest BCUT2D eigenvalue weighted by atomic mass is 10.2. The van der Waals surface area contributed by atoms with Crippen LogP contribution in [0.25, 0.3) is 0 Å². The highest BCUT2D eigenvalue weighted by molar-refractivity contribution is 7.57. The first kappa shape index (κ1) is 19.0. The van der Waals surface area contributed by atoms with Crippen LogP contribution in [0.5, 0.6) is 0 Å². The molecule has 0 bridgehead atoms. The second-order valence-corrected chi connectivity index (χ2v) is 5.25. The topological polar surface area (TPSA) is 24.7 Å². The molecule has 11 heteroatoms. The van der Waals surface area contributed by atoms with E-state index >= 15 is 0 Å². The van der Waals surface area contributed by atoms with Crippen molar-refractivity contribution < 1.29 is 35.1 Å².